The van der Waals surface area contributed by atoms with Crippen molar-refractivity contribution in [1.82, 2.24) is 10.3 Å². The molecular formula is C14H24N2OS. The summed E-state index contributed by atoms with van der Waals surface area (Å²) < 4.78 is 5.71. The van der Waals surface area contributed by atoms with Crippen LogP contribution in [0.2, 0.25) is 0 Å². The topological polar surface area (TPSA) is 34.2 Å². The van der Waals surface area contributed by atoms with E-state index in [0.717, 1.165) is 25.3 Å². The standard InChI is InChI=1S/C14H24N2OS/c1-4-5-15-13(12-6-11(3)17-8-12)7-14-16-10(2)9-18-14/h9,11-13,15H,4-8H2,1-3H3. The Labute approximate surface area is 114 Å². The van der Waals surface area contributed by atoms with Gasteiger partial charge in [0, 0.05) is 29.5 Å². The van der Waals surface area contributed by atoms with Gasteiger partial charge in [-0.2, -0.15) is 0 Å². The summed E-state index contributed by atoms with van der Waals surface area (Å²) in [7, 11) is 0. The van der Waals surface area contributed by atoms with E-state index in [2.05, 4.69) is 36.5 Å². The minimum Gasteiger partial charge on any atom is -0.378 e. The maximum atomic E-state index is 5.71. The molecule has 1 saturated heterocycles. The molecule has 0 saturated carbocycles. The summed E-state index contributed by atoms with van der Waals surface area (Å²) >= 11 is 1.78. The van der Waals surface area contributed by atoms with E-state index in [0.29, 0.717) is 18.1 Å². The summed E-state index contributed by atoms with van der Waals surface area (Å²) in [6, 6.07) is 0.514. The van der Waals surface area contributed by atoms with Crippen LogP contribution >= 0.6 is 11.3 Å². The molecule has 0 radical (unpaired) electrons. The van der Waals surface area contributed by atoms with Crippen molar-refractivity contribution < 1.29 is 4.74 Å². The first-order valence-corrected chi connectivity index (χ1v) is 7.83. The van der Waals surface area contributed by atoms with Crippen LogP contribution < -0.4 is 5.32 Å². The van der Waals surface area contributed by atoms with E-state index in [-0.39, 0.29) is 0 Å². The Morgan fingerprint density at radius 2 is 2.44 bits per heavy atom. The van der Waals surface area contributed by atoms with Crippen molar-refractivity contribution in [2.24, 2.45) is 5.92 Å². The normalized spacial score (nSPS) is 25.5. The van der Waals surface area contributed by atoms with E-state index in [4.69, 9.17) is 4.74 Å². The third kappa shape index (κ3) is 3.77. The van der Waals surface area contributed by atoms with Crippen LogP contribution in [0.3, 0.4) is 0 Å². The molecule has 1 aromatic heterocycles. The van der Waals surface area contributed by atoms with Crippen molar-refractivity contribution in [1.29, 1.82) is 0 Å². The molecule has 0 aromatic carbocycles. The zero-order valence-corrected chi connectivity index (χ0v) is 12.4. The van der Waals surface area contributed by atoms with Crippen molar-refractivity contribution in [3.05, 3.63) is 16.1 Å². The molecule has 1 N–H and O–H groups in total. The highest BCUT2D eigenvalue weighted by atomic mass is 32.1. The van der Waals surface area contributed by atoms with E-state index in [1.807, 2.05) is 0 Å². The molecule has 0 spiro atoms. The zero-order chi connectivity index (χ0) is 13.0. The van der Waals surface area contributed by atoms with Gasteiger partial charge in [0.25, 0.3) is 0 Å². The number of ether oxygens (including phenoxy) is 1. The monoisotopic (exact) mass is 268 g/mol. The SMILES string of the molecule is CCCNC(Cc1nc(C)cs1)C1COC(C)C1. The van der Waals surface area contributed by atoms with Crippen molar-refractivity contribution in [2.45, 2.75) is 52.2 Å². The van der Waals surface area contributed by atoms with Crippen LogP contribution in [0.25, 0.3) is 0 Å². The fourth-order valence-corrected chi connectivity index (χ4v) is 3.38. The summed E-state index contributed by atoms with van der Waals surface area (Å²) in [5, 5.41) is 7.07. The first-order chi connectivity index (χ1) is 8.69. The number of nitrogens with zero attached hydrogens (tertiary/aromatic N) is 1. The van der Waals surface area contributed by atoms with Crippen LogP contribution in [0.5, 0.6) is 0 Å². The molecule has 3 atom stereocenters. The molecule has 1 fully saturated rings. The van der Waals surface area contributed by atoms with Gasteiger partial charge in [0.1, 0.15) is 0 Å². The maximum absolute atomic E-state index is 5.71. The summed E-state index contributed by atoms with van der Waals surface area (Å²) in [5.41, 5.74) is 1.14. The van der Waals surface area contributed by atoms with Crippen molar-refractivity contribution in [3.8, 4) is 0 Å². The highest BCUT2D eigenvalue weighted by Gasteiger charge is 2.29. The molecule has 2 rings (SSSR count). The lowest BCUT2D eigenvalue weighted by Crippen LogP contribution is -2.39. The third-order valence-corrected chi connectivity index (χ3v) is 4.51. The van der Waals surface area contributed by atoms with Crippen LogP contribution in [0.15, 0.2) is 5.38 Å². The Kier molecular flexibility index (Phi) is 5.15. The predicted molar refractivity (Wildman–Crippen MR) is 76.2 cm³/mol. The van der Waals surface area contributed by atoms with Crippen molar-refractivity contribution in [2.75, 3.05) is 13.2 Å². The van der Waals surface area contributed by atoms with Gasteiger partial charge in [-0.1, -0.05) is 6.92 Å². The second kappa shape index (κ2) is 6.64. The fraction of sp³-hybridized carbons (Fsp3) is 0.786. The lowest BCUT2D eigenvalue weighted by atomic mass is 9.94. The van der Waals surface area contributed by atoms with E-state index in [9.17, 15) is 0 Å². The van der Waals surface area contributed by atoms with Crippen molar-refractivity contribution >= 4 is 11.3 Å². The number of thiazole rings is 1. The zero-order valence-electron chi connectivity index (χ0n) is 11.6. The Morgan fingerprint density at radius 3 is 3.00 bits per heavy atom. The average molecular weight is 268 g/mol. The van der Waals surface area contributed by atoms with Gasteiger partial charge in [-0.25, -0.2) is 4.98 Å². The van der Waals surface area contributed by atoms with Gasteiger partial charge in [-0.05, 0) is 33.2 Å². The van der Waals surface area contributed by atoms with E-state index < -0.39 is 0 Å². The van der Waals surface area contributed by atoms with Gasteiger partial charge >= 0.3 is 0 Å². The van der Waals surface area contributed by atoms with Crippen molar-refractivity contribution in [3.63, 3.8) is 0 Å². The molecule has 1 aromatic rings. The van der Waals surface area contributed by atoms with Gasteiger partial charge in [-0.3, -0.25) is 0 Å². The molecule has 2 heterocycles. The van der Waals surface area contributed by atoms with Crippen LogP contribution in [0, 0.1) is 12.8 Å². The van der Waals surface area contributed by atoms with Gasteiger partial charge in [0.2, 0.25) is 0 Å². The molecule has 3 nitrogen and oxygen atoms in total. The number of aromatic nitrogens is 1. The molecule has 0 aliphatic carbocycles. The average Bonchev–Trinajstić information content (AvgIpc) is 2.93. The lowest BCUT2D eigenvalue weighted by Gasteiger charge is -2.23. The number of aryl methyl sites for hydroxylation is 1. The molecule has 1 aliphatic rings. The first-order valence-electron chi connectivity index (χ1n) is 6.95. The number of hydrogen-bond acceptors (Lipinski definition) is 4. The number of rotatable bonds is 6. The molecule has 1 aliphatic heterocycles. The maximum Gasteiger partial charge on any atom is 0.0943 e. The minimum atomic E-state index is 0.416. The highest BCUT2D eigenvalue weighted by Crippen LogP contribution is 2.25. The van der Waals surface area contributed by atoms with Crippen LogP contribution in [-0.4, -0.2) is 30.3 Å². The number of hydrogen-bond donors (Lipinski definition) is 1. The largest absolute Gasteiger partial charge is 0.378 e. The molecule has 3 unspecified atom stereocenters. The van der Waals surface area contributed by atoms with Gasteiger partial charge in [-0.15, -0.1) is 11.3 Å². The Bertz CT molecular complexity index is 366. The minimum absolute atomic E-state index is 0.416. The molecule has 102 valence electrons. The second-order valence-corrected chi connectivity index (χ2v) is 6.23. The van der Waals surface area contributed by atoms with Gasteiger partial charge in [0.15, 0.2) is 0 Å². The van der Waals surface area contributed by atoms with E-state index in [1.54, 1.807) is 11.3 Å². The fourth-order valence-electron chi connectivity index (χ4n) is 2.55. The Hall–Kier alpha value is -0.450. The Morgan fingerprint density at radius 1 is 1.61 bits per heavy atom. The molecule has 4 heteroatoms. The smallest absolute Gasteiger partial charge is 0.0943 e. The lowest BCUT2D eigenvalue weighted by molar-refractivity contribution is 0.117. The Balaban J connectivity index is 1.96. The van der Waals surface area contributed by atoms with Gasteiger partial charge in [0.05, 0.1) is 17.7 Å². The summed E-state index contributed by atoms with van der Waals surface area (Å²) in [4.78, 5) is 4.59. The van der Waals surface area contributed by atoms with E-state index in [1.165, 1.54) is 17.8 Å². The van der Waals surface area contributed by atoms with E-state index >= 15 is 0 Å². The third-order valence-electron chi connectivity index (χ3n) is 3.52. The molecule has 0 bridgehead atoms. The number of nitrogens with one attached hydrogen (secondary N) is 1. The van der Waals surface area contributed by atoms with Gasteiger partial charge < -0.3 is 10.1 Å². The summed E-state index contributed by atoms with van der Waals surface area (Å²) in [6.07, 6.45) is 3.81. The quantitative estimate of drug-likeness (QED) is 0.861. The first kappa shape index (κ1) is 14.0. The summed E-state index contributed by atoms with van der Waals surface area (Å²) in [5.74, 6) is 0.635. The molecule has 0 amide bonds. The predicted octanol–water partition coefficient (Wildman–Crippen LogP) is 2.79. The second-order valence-electron chi connectivity index (χ2n) is 5.29. The van der Waals surface area contributed by atoms with Crippen LogP contribution in [-0.2, 0) is 11.2 Å². The summed E-state index contributed by atoms with van der Waals surface area (Å²) in [6.45, 7) is 8.43. The van der Waals surface area contributed by atoms with Crippen LogP contribution in [0.1, 0.15) is 37.4 Å². The molecule has 18 heavy (non-hydrogen) atoms. The highest BCUT2D eigenvalue weighted by molar-refractivity contribution is 7.09. The van der Waals surface area contributed by atoms with Crippen LogP contribution in [0.4, 0.5) is 0 Å². The molecular weight excluding hydrogens is 244 g/mol.